The van der Waals surface area contributed by atoms with Gasteiger partial charge in [-0.25, -0.2) is 9.79 Å². The van der Waals surface area contributed by atoms with Crippen LogP contribution < -0.4 is 20.7 Å². The summed E-state index contributed by atoms with van der Waals surface area (Å²) in [7, 11) is 1.66. The molecule has 0 spiro atoms. The standard InChI is InChI=1S/C23H40N4O4.HI/c1-6-30-17-9-16-25-21(27-18-19-10-12-20(29-5)13-11-19)24-14-7-8-15-26-22(28)31-23(2,3)4;/h10-13H,6-9,14-18H2,1-5H3,(H,26,28)(H2,24,25,27);1H. The molecular formula is C23H41IN4O4. The first-order valence-corrected chi connectivity index (χ1v) is 11.0. The predicted molar refractivity (Wildman–Crippen MR) is 140 cm³/mol. The Labute approximate surface area is 210 Å². The number of nitrogens with zero attached hydrogens (tertiary/aromatic N) is 1. The Kier molecular flexibility index (Phi) is 16.8. The van der Waals surface area contributed by atoms with Gasteiger partial charge in [-0.3, -0.25) is 0 Å². The van der Waals surface area contributed by atoms with Gasteiger partial charge in [-0.2, -0.15) is 0 Å². The third kappa shape index (κ3) is 16.0. The van der Waals surface area contributed by atoms with Gasteiger partial charge in [0.1, 0.15) is 11.4 Å². The van der Waals surface area contributed by atoms with Gasteiger partial charge >= 0.3 is 6.09 Å². The maximum atomic E-state index is 11.7. The van der Waals surface area contributed by atoms with Crippen LogP contribution in [-0.2, 0) is 16.0 Å². The average molecular weight is 565 g/mol. The summed E-state index contributed by atoms with van der Waals surface area (Å²) < 4.78 is 15.8. The van der Waals surface area contributed by atoms with Crippen molar-refractivity contribution < 1.29 is 19.0 Å². The number of methoxy groups -OCH3 is 1. The molecule has 0 aliphatic heterocycles. The number of ether oxygens (including phenoxy) is 3. The fourth-order valence-electron chi connectivity index (χ4n) is 2.56. The summed E-state index contributed by atoms with van der Waals surface area (Å²) in [4.78, 5) is 16.3. The highest BCUT2D eigenvalue weighted by molar-refractivity contribution is 14.0. The molecule has 32 heavy (non-hydrogen) atoms. The van der Waals surface area contributed by atoms with Gasteiger partial charge in [0.15, 0.2) is 5.96 Å². The van der Waals surface area contributed by atoms with Crippen molar-refractivity contribution in [1.82, 2.24) is 16.0 Å². The van der Waals surface area contributed by atoms with E-state index in [1.807, 2.05) is 52.0 Å². The van der Waals surface area contributed by atoms with E-state index in [2.05, 4.69) is 20.9 Å². The summed E-state index contributed by atoms with van der Waals surface area (Å²) in [5, 5.41) is 9.49. The fraction of sp³-hybridized carbons (Fsp3) is 0.652. The van der Waals surface area contributed by atoms with Gasteiger partial charge in [0.25, 0.3) is 0 Å². The van der Waals surface area contributed by atoms with Crippen LogP contribution >= 0.6 is 24.0 Å². The van der Waals surface area contributed by atoms with Gasteiger partial charge in [-0.1, -0.05) is 12.1 Å². The molecule has 0 aliphatic rings. The van der Waals surface area contributed by atoms with E-state index in [9.17, 15) is 4.79 Å². The molecule has 0 saturated carbocycles. The maximum Gasteiger partial charge on any atom is 0.407 e. The van der Waals surface area contributed by atoms with Crippen LogP contribution in [0.3, 0.4) is 0 Å². The zero-order chi connectivity index (χ0) is 23.0. The third-order valence-corrected chi connectivity index (χ3v) is 4.11. The van der Waals surface area contributed by atoms with E-state index in [0.717, 1.165) is 62.8 Å². The molecule has 0 aliphatic carbocycles. The van der Waals surface area contributed by atoms with Crippen molar-refractivity contribution in [3.8, 4) is 5.75 Å². The molecule has 3 N–H and O–H groups in total. The van der Waals surface area contributed by atoms with Crippen molar-refractivity contribution >= 4 is 36.0 Å². The molecule has 0 aromatic heterocycles. The molecule has 1 aromatic rings. The lowest BCUT2D eigenvalue weighted by atomic mass is 10.2. The van der Waals surface area contributed by atoms with Gasteiger partial charge < -0.3 is 30.2 Å². The molecule has 1 amide bonds. The van der Waals surface area contributed by atoms with Crippen LogP contribution in [0, 0.1) is 0 Å². The maximum absolute atomic E-state index is 11.7. The highest BCUT2D eigenvalue weighted by Gasteiger charge is 2.15. The molecule has 0 fully saturated rings. The first-order chi connectivity index (χ1) is 14.8. The summed E-state index contributed by atoms with van der Waals surface area (Å²) in [5.74, 6) is 1.60. The number of hydrogen-bond donors (Lipinski definition) is 3. The number of hydrogen-bond acceptors (Lipinski definition) is 5. The lowest BCUT2D eigenvalue weighted by molar-refractivity contribution is 0.0527. The SMILES string of the molecule is CCOCCCNC(=NCc1ccc(OC)cc1)NCCCCNC(=O)OC(C)(C)C.I. The average Bonchev–Trinajstić information content (AvgIpc) is 2.72. The first kappa shape index (κ1) is 30.2. The van der Waals surface area contributed by atoms with E-state index < -0.39 is 5.60 Å². The Bertz CT molecular complexity index is 648. The highest BCUT2D eigenvalue weighted by Crippen LogP contribution is 2.11. The highest BCUT2D eigenvalue weighted by atomic mass is 127. The van der Waals surface area contributed by atoms with Crippen LogP contribution in [0.1, 0.15) is 52.5 Å². The van der Waals surface area contributed by atoms with Crippen LogP contribution in [0.5, 0.6) is 5.75 Å². The zero-order valence-corrected chi connectivity index (χ0v) is 22.5. The molecule has 0 atom stereocenters. The van der Waals surface area contributed by atoms with Crippen LogP contribution in [-0.4, -0.2) is 57.6 Å². The molecular weight excluding hydrogens is 523 g/mol. The number of unbranched alkanes of at least 4 members (excludes halogenated alkanes) is 1. The molecule has 8 nitrogen and oxygen atoms in total. The molecule has 1 aromatic carbocycles. The van der Waals surface area contributed by atoms with E-state index in [1.165, 1.54) is 0 Å². The van der Waals surface area contributed by atoms with Gasteiger partial charge in [0.2, 0.25) is 0 Å². The van der Waals surface area contributed by atoms with Crippen LogP contribution in [0.25, 0.3) is 0 Å². The van der Waals surface area contributed by atoms with E-state index in [-0.39, 0.29) is 30.1 Å². The molecule has 0 saturated heterocycles. The Hall–Kier alpha value is -1.75. The quantitative estimate of drug-likeness (QED) is 0.145. The van der Waals surface area contributed by atoms with Gasteiger partial charge in [0.05, 0.1) is 13.7 Å². The molecule has 0 bridgehead atoms. The second-order valence-electron chi connectivity index (χ2n) is 8.05. The van der Waals surface area contributed by atoms with E-state index in [4.69, 9.17) is 14.2 Å². The molecule has 9 heteroatoms. The van der Waals surface area contributed by atoms with Gasteiger partial charge in [-0.05, 0) is 64.7 Å². The summed E-state index contributed by atoms with van der Waals surface area (Å²) in [6.07, 6.45) is 2.29. The number of alkyl carbamates (subject to hydrolysis) is 1. The third-order valence-electron chi connectivity index (χ3n) is 4.11. The summed E-state index contributed by atoms with van der Waals surface area (Å²) in [6, 6.07) is 7.89. The Morgan fingerprint density at radius 2 is 1.56 bits per heavy atom. The second kappa shape index (κ2) is 17.8. The summed E-state index contributed by atoms with van der Waals surface area (Å²) in [6.45, 7) is 11.7. The smallest absolute Gasteiger partial charge is 0.407 e. The van der Waals surface area contributed by atoms with Crippen LogP contribution in [0.2, 0.25) is 0 Å². The Morgan fingerprint density at radius 1 is 0.969 bits per heavy atom. The Balaban J connectivity index is 0.00000961. The fourth-order valence-corrected chi connectivity index (χ4v) is 2.56. The molecule has 184 valence electrons. The minimum absolute atomic E-state index is 0. The number of guanidine groups is 1. The molecule has 0 radical (unpaired) electrons. The number of carbonyl (C=O) groups is 1. The molecule has 1 rings (SSSR count). The number of aliphatic imine (C=N–C) groups is 1. The first-order valence-electron chi connectivity index (χ1n) is 11.0. The summed E-state index contributed by atoms with van der Waals surface area (Å²) >= 11 is 0. The van der Waals surface area contributed by atoms with Crippen molar-refractivity contribution in [2.24, 2.45) is 4.99 Å². The molecule has 0 unspecified atom stereocenters. The number of carbonyl (C=O) groups excluding carboxylic acids is 1. The monoisotopic (exact) mass is 564 g/mol. The number of rotatable bonds is 13. The lowest BCUT2D eigenvalue weighted by Crippen LogP contribution is -2.39. The van der Waals surface area contributed by atoms with E-state index >= 15 is 0 Å². The molecule has 0 heterocycles. The summed E-state index contributed by atoms with van der Waals surface area (Å²) in [5.41, 5.74) is 0.632. The van der Waals surface area contributed by atoms with Crippen molar-refractivity contribution in [3.63, 3.8) is 0 Å². The van der Waals surface area contributed by atoms with Gasteiger partial charge in [-0.15, -0.1) is 24.0 Å². The minimum Gasteiger partial charge on any atom is -0.497 e. The van der Waals surface area contributed by atoms with Crippen molar-refractivity contribution in [2.45, 2.75) is 59.1 Å². The zero-order valence-electron chi connectivity index (χ0n) is 20.2. The lowest BCUT2D eigenvalue weighted by Gasteiger charge is -2.19. The van der Waals surface area contributed by atoms with Crippen LogP contribution in [0.4, 0.5) is 4.79 Å². The predicted octanol–water partition coefficient (Wildman–Crippen LogP) is 4.08. The number of benzene rings is 1. The van der Waals surface area contributed by atoms with E-state index in [1.54, 1.807) is 7.11 Å². The second-order valence-corrected chi connectivity index (χ2v) is 8.05. The minimum atomic E-state index is -0.477. The number of halogens is 1. The normalized spacial score (nSPS) is 11.3. The van der Waals surface area contributed by atoms with Gasteiger partial charge in [0, 0.05) is 32.8 Å². The van der Waals surface area contributed by atoms with Crippen LogP contribution in [0.15, 0.2) is 29.3 Å². The van der Waals surface area contributed by atoms with Crippen molar-refractivity contribution in [2.75, 3.05) is 40.0 Å². The largest absolute Gasteiger partial charge is 0.497 e. The van der Waals surface area contributed by atoms with E-state index in [0.29, 0.717) is 13.1 Å². The topological polar surface area (TPSA) is 93.2 Å². The Morgan fingerprint density at radius 3 is 2.12 bits per heavy atom. The number of nitrogens with one attached hydrogen (secondary N) is 3. The number of amides is 1. The van der Waals surface area contributed by atoms with Crippen molar-refractivity contribution in [3.05, 3.63) is 29.8 Å². The van der Waals surface area contributed by atoms with Crippen molar-refractivity contribution in [1.29, 1.82) is 0 Å².